The molecule has 0 spiro atoms. The lowest BCUT2D eigenvalue weighted by molar-refractivity contribution is -0.482. The molecule has 0 aromatic heterocycles. The first kappa shape index (κ1) is 12.8. The zero-order valence-electron chi connectivity index (χ0n) is 11.9. The monoisotopic (exact) mass is 405 g/mol. The smallest absolute Gasteiger partial charge is 0.250 e. The molecular formula is C18H15Br2O+. The highest BCUT2D eigenvalue weighted by Crippen LogP contribution is 2.68. The first-order valence-corrected chi connectivity index (χ1v) is 9.03. The van der Waals surface area contributed by atoms with Crippen molar-refractivity contribution in [2.24, 2.45) is 11.8 Å². The Morgan fingerprint density at radius 3 is 2.67 bits per heavy atom. The molecule has 0 radical (unpaired) electrons. The number of benzene rings is 1. The maximum atomic E-state index is 6.16. The van der Waals surface area contributed by atoms with Crippen LogP contribution >= 0.6 is 31.9 Å². The summed E-state index contributed by atoms with van der Waals surface area (Å²) in [4.78, 5) is 0. The summed E-state index contributed by atoms with van der Waals surface area (Å²) in [5, 5.41) is 0. The van der Waals surface area contributed by atoms with E-state index in [1.807, 2.05) is 0 Å². The van der Waals surface area contributed by atoms with E-state index in [1.165, 1.54) is 31.4 Å². The molecule has 1 fully saturated rings. The van der Waals surface area contributed by atoms with Crippen LogP contribution in [0.1, 0.15) is 36.8 Å². The van der Waals surface area contributed by atoms with E-state index in [1.54, 1.807) is 5.57 Å². The molecule has 0 saturated heterocycles. The van der Waals surface area contributed by atoms with Crippen molar-refractivity contribution in [2.45, 2.75) is 31.8 Å². The fourth-order valence-corrected chi connectivity index (χ4v) is 6.09. The Bertz CT molecular complexity index is 782. The number of rotatable bonds is 0. The van der Waals surface area contributed by atoms with Crippen LogP contribution in [-0.4, -0.2) is 11.9 Å². The van der Waals surface area contributed by atoms with Gasteiger partial charge in [-0.25, -0.2) is 4.42 Å². The van der Waals surface area contributed by atoms with Crippen molar-refractivity contribution >= 4 is 37.6 Å². The molecule has 1 aromatic rings. The molecular weight excluding hydrogens is 392 g/mol. The summed E-state index contributed by atoms with van der Waals surface area (Å²) in [6, 6.07) is 6.82. The van der Waals surface area contributed by atoms with Gasteiger partial charge < -0.3 is 0 Å². The summed E-state index contributed by atoms with van der Waals surface area (Å²) in [7, 11) is 0. The maximum Gasteiger partial charge on any atom is 0.326 e. The molecule has 1 saturated carbocycles. The Morgan fingerprint density at radius 1 is 1.10 bits per heavy atom. The minimum absolute atomic E-state index is 0.242. The number of ketones is 1. The topological polar surface area (TPSA) is 11.3 Å². The van der Waals surface area contributed by atoms with E-state index < -0.39 is 0 Å². The van der Waals surface area contributed by atoms with E-state index >= 15 is 0 Å². The van der Waals surface area contributed by atoms with E-state index in [0.717, 1.165) is 0 Å². The molecule has 2 aliphatic heterocycles. The van der Waals surface area contributed by atoms with Crippen molar-refractivity contribution in [3.63, 3.8) is 0 Å². The highest BCUT2D eigenvalue weighted by Gasteiger charge is 2.69. The van der Waals surface area contributed by atoms with Gasteiger partial charge in [-0.15, -0.1) is 0 Å². The quantitative estimate of drug-likeness (QED) is 0.424. The SMILES string of the molecule is CC(C)=C1C2c3cc(Br)ccc3C1C1C3[O+]=C(C=C3Br)C21. The van der Waals surface area contributed by atoms with Crippen LogP contribution in [0, 0.1) is 11.8 Å². The maximum absolute atomic E-state index is 6.16. The van der Waals surface area contributed by atoms with Gasteiger partial charge in [-0.05, 0) is 53.0 Å². The molecule has 0 amide bonds. The lowest BCUT2D eigenvalue weighted by Crippen LogP contribution is -2.31. The zero-order valence-corrected chi connectivity index (χ0v) is 15.0. The molecule has 21 heavy (non-hydrogen) atoms. The van der Waals surface area contributed by atoms with Crippen LogP contribution in [0.3, 0.4) is 0 Å². The molecule has 5 rings (SSSR count). The minimum atomic E-state index is 0.242. The van der Waals surface area contributed by atoms with E-state index in [4.69, 9.17) is 4.42 Å². The van der Waals surface area contributed by atoms with Crippen molar-refractivity contribution in [1.82, 2.24) is 0 Å². The normalized spacial score (nSPS) is 37.5. The predicted octanol–water partition coefficient (Wildman–Crippen LogP) is 4.99. The Balaban J connectivity index is 1.78. The number of hydrogen-bond acceptors (Lipinski definition) is 0. The van der Waals surface area contributed by atoms with Gasteiger partial charge in [0.1, 0.15) is 4.48 Å². The van der Waals surface area contributed by atoms with Crippen molar-refractivity contribution < 1.29 is 4.42 Å². The second kappa shape index (κ2) is 3.99. The first-order chi connectivity index (χ1) is 10.1. The number of halogens is 2. The van der Waals surface area contributed by atoms with Gasteiger partial charge in [0.2, 0.25) is 0 Å². The summed E-state index contributed by atoms with van der Waals surface area (Å²) < 4.78 is 8.58. The highest BCUT2D eigenvalue weighted by molar-refractivity contribution is 9.11. The van der Waals surface area contributed by atoms with E-state index in [2.05, 4.69) is 70.0 Å². The summed E-state index contributed by atoms with van der Waals surface area (Å²) in [5.74, 6) is 3.40. The van der Waals surface area contributed by atoms with Crippen LogP contribution < -0.4 is 0 Å². The van der Waals surface area contributed by atoms with Gasteiger partial charge in [-0.2, -0.15) is 0 Å². The van der Waals surface area contributed by atoms with Gasteiger partial charge in [-0.3, -0.25) is 0 Å². The summed E-state index contributed by atoms with van der Waals surface area (Å²) in [5.41, 5.74) is 6.18. The molecule has 4 aliphatic rings. The second-order valence-corrected chi connectivity index (χ2v) is 8.59. The van der Waals surface area contributed by atoms with Crippen LogP contribution in [0.2, 0.25) is 0 Å². The van der Waals surface area contributed by atoms with Gasteiger partial charge in [0.15, 0.2) is 0 Å². The van der Waals surface area contributed by atoms with Gasteiger partial charge in [0, 0.05) is 16.3 Å². The number of hydrogen-bond donors (Lipinski definition) is 0. The molecule has 2 aliphatic carbocycles. The van der Waals surface area contributed by atoms with Crippen LogP contribution in [-0.2, 0) is 4.42 Å². The van der Waals surface area contributed by atoms with Crippen molar-refractivity contribution in [3.8, 4) is 0 Å². The van der Waals surface area contributed by atoms with Crippen molar-refractivity contribution in [2.75, 3.05) is 0 Å². The lowest BCUT2D eigenvalue weighted by Gasteiger charge is -2.25. The van der Waals surface area contributed by atoms with E-state index in [-0.39, 0.29) is 6.10 Å². The lowest BCUT2D eigenvalue weighted by atomic mass is 9.71. The van der Waals surface area contributed by atoms with Crippen molar-refractivity contribution in [3.05, 3.63) is 55.5 Å². The molecule has 5 atom stereocenters. The summed E-state index contributed by atoms with van der Waals surface area (Å²) in [6.45, 7) is 4.54. The minimum Gasteiger partial charge on any atom is -0.250 e. The third-order valence-electron chi connectivity index (χ3n) is 5.62. The summed E-state index contributed by atoms with van der Waals surface area (Å²) >= 11 is 7.35. The average molecular weight is 407 g/mol. The number of allylic oxidation sites excluding steroid dienone is 3. The largest absolute Gasteiger partial charge is 0.326 e. The standard InChI is InChI=1S/C18H15Br2O/c1-7(2)13-14-9-4-3-8(19)5-10(9)15(13)16-12-6-11(20)18(21-12)17(14)16/h3-6,14-18H,1-2H3/q+1. The first-order valence-electron chi connectivity index (χ1n) is 7.45. The zero-order chi connectivity index (χ0) is 14.5. The molecule has 2 heterocycles. The highest BCUT2D eigenvalue weighted by atomic mass is 79.9. The fraction of sp³-hybridized carbons (Fsp3) is 0.389. The molecule has 1 aromatic carbocycles. The van der Waals surface area contributed by atoms with E-state index in [0.29, 0.717) is 23.7 Å². The third-order valence-corrected chi connectivity index (χ3v) is 6.79. The Morgan fingerprint density at radius 2 is 1.90 bits per heavy atom. The van der Waals surface area contributed by atoms with Gasteiger partial charge in [-0.1, -0.05) is 33.1 Å². The van der Waals surface area contributed by atoms with Gasteiger partial charge >= 0.3 is 11.9 Å². The van der Waals surface area contributed by atoms with Gasteiger partial charge in [0.25, 0.3) is 0 Å². The second-order valence-electron chi connectivity index (χ2n) is 6.76. The molecule has 3 heteroatoms. The van der Waals surface area contributed by atoms with E-state index in [9.17, 15) is 0 Å². The molecule has 106 valence electrons. The van der Waals surface area contributed by atoms with Crippen LogP contribution in [0.25, 0.3) is 0 Å². The Labute approximate surface area is 141 Å². The fourth-order valence-electron chi connectivity index (χ4n) is 5.09. The Hall–Kier alpha value is -0.670. The number of carbonyl (C=O) groups excluding carboxylic acids is 1. The molecule has 1 nitrogen and oxygen atoms in total. The van der Waals surface area contributed by atoms with Crippen LogP contribution in [0.4, 0.5) is 0 Å². The molecule has 0 N–H and O–H groups in total. The average Bonchev–Trinajstić information content (AvgIpc) is 3.11. The predicted molar refractivity (Wildman–Crippen MR) is 90.8 cm³/mol. The Kier molecular flexibility index (Phi) is 2.44. The van der Waals surface area contributed by atoms with Crippen molar-refractivity contribution in [1.29, 1.82) is 0 Å². The molecule has 5 unspecified atom stereocenters. The summed E-state index contributed by atoms with van der Waals surface area (Å²) in [6.07, 6.45) is 2.46. The number of fused-ring (bicyclic) bond motifs is 11. The molecule has 4 bridgehead atoms. The third kappa shape index (κ3) is 1.40. The van der Waals surface area contributed by atoms with Crippen LogP contribution in [0.5, 0.6) is 0 Å². The van der Waals surface area contributed by atoms with Gasteiger partial charge in [0.05, 0.1) is 17.9 Å². The van der Waals surface area contributed by atoms with Crippen LogP contribution in [0.15, 0.2) is 44.4 Å².